The average Bonchev–Trinajstić information content (AvgIpc) is 2.47. The van der Waals surface area contributed by atoms with E-state index in [0.717, 1.165) is 0 Å². The number of carbonyl (C=O) groups is 2. The Kier molecular flexibility index (Phi) is 2.32. The first-order valence-corrected chi connectivity index (χ1v) is 3.65. The molecule has 0 unspecified atom stereocenters. The molecule has 0 aromatic rings. The lowest BCUT2D eigenvalue weighted by molar-refractivity contribution is -0.150. The number of rotatable bonds is 2. The molecule has 1 heterocycles. The summed E-state index contributed by atoms with van der Waals surface area (Å²) in [5, 5.41) is 11.3. The van der Waals surface area contributed by atoms with Crippen molar-refractivity contribution in [3.63, 3.8) is 0 Å². The number of hydrogen-bond donors (Lipinski definition) is 2. The van der Waals surface area contributed by atoms with Crippen molar-refractivity contribution in [2.24, 2.45) is 0 Å². The zero-order valence-electron chi connectivity index (χ0n) is 6.79. The Labute approximate surface area is 69.7 Å². The lowest BCUT2D eigenvalue weighted by atomic mass is 9.99. The van der Waals surface area contributed by atoms with Gasteiger partial charge in [-0.25, -0.2) is 4.79 Å². The largest absolute Gasteiger partial charge is 0.467 e. The van der Waals surface area contributed by atoms with Gasteiger partial charge in [-0.1, -0.05) is 0 Å². The van der Waals surface area contributed by atoms with E-state index in [4.69, 9.17) is 5.11 Å². The molecule has 12 heavy (non-hydrogen) atoms. The molecule has 5 nitrogen and oxygen atoms in total. The number of amides is 1. The smallest absolute Gasteiger partial charge is 0.334 e. The van der Waals surface area contributed by atoms with Crippen LogP contribution in [0.2, 0.25) is 0 Å². The number of nitrogens with one attached hydrogen (secondary N) is 1. The Hall–Kier alpha value is -1.10. The molecule has 1 saturated heterocycles. The van der Waals surface area contributed by atoms with E-state index in [0.29, 0.717) is 6.42 Å². The fourth-order valence-electron chi connectivity index (χ4n) is 1.25. The number of aliphatic hydroxyl groups is 1. The third kappa shape index (κ3) is 1.27. The van der Waals surface area contributed by atoms with Gasteiger partial charge in [0, 0.05) is 6.42 Å². The normalized spacial score (nSPS) is 28.3. The van der Waals surface area contributed by atoms with Crippen LogP contribution in [-0.2, 0) is 14.3 Å². The van der Waals surface area contributed by atoms with Crippen LogP contribution in [0.1, 0.15) is 12.8 Å². The van der Waals surface area contributed by atoms with E-state index < -0.39 is 18.1 Å². The summed E-state index contributed by atoms with van der Waals surface area (Å²) in [6.45, 7) is -0.411. The SMILES string of the molecule is COC(=O)[C@]1(CO)CCC(=O)N1. The Morgan fingerprint density at radius 3 is 2.83 bits per heavy atom. The van der Waals surface area contributed by atoms with Gasteiger partial charge in [0.05, 0.1) is 13.7 Å². The average molecular weight is 173 g/mol. The quantitative estimate of drug-likeness (QED) is 0.514. The van der Waals surface area contributed by atoms with Crippen LogP contribution in [0.25, 0.3) is 0 Å². The van der Waals surface area contributed by atoms with Gasteiger partial charge in [-0.15, -0.1) is 0 Å². The maximum absolute atomic E-state index is 11.1. The molecule has 0 spiro atoms. The van der Waals surface area contributed by atoms with Gasteiger partial charge in [0.25, 0.3) is 0 Å². The second-order valence-corrected chi connectivity index (χ2v) is 2.78. The van der Waals surface area contributed by atoms with E-state index in [2.05, 4.69) is 10.1 Å². The molecule has 5 heteroatoms. The molecule has 2 N–H and O–H groups in total. The predicted octanol–water partition coefficient (Wildman–Crippen LogP) is -1.20. The molecule has 0 aromatic heterocycles. The number of hydrogen-bond acceptors (Lipinski definition) is 4. The minimum atomic E-state index is -1.19. The molecule has 1 amide bonds. The van der Waals surface area contributed by atoms with Crippen molar-refractivity contribution >= 4 is 11.9 Å². The second-order valence-electron chi connectivity index (χ2n) is 2.78. The predicted molar refractivity (Wildman–Crippen MR) is 39.2 cm³/mol. The van der Waals surface area contributed by atoms with Crippen molar-refractivity contribution in [1.82, 2.24) is 5.32 Å². The van der Waals surface area contributed by atoms with Gasteiger partial charge < -0.3 is 15.2 Å². The van der Waals surface area contributed by atoms with Gasteiger partial charge in [-0.05, 0) is 6.42 Å². The summed E-state index contributed by atoms with van der Waals surface area (Å²) in [7, 11) is 1.23. The fraction of sp³-hybridized carbons (Fsp3) is 0.714. The van der Waals surface area contributed by atoms with Gasteiger partial charge >= 0.3 is 5.97 Å². The number of methoxy groups -OCH3 is 1. The summed E-state index contributed by atoms with van der Waals surface area (Å²) in [6.07, 6.45) is 0.560. The van der Waals surface area contributed by atoms with Crippen LogP contribution in [0.15, 0.2) is 0 Å². The highest BCUT2D eigenvalue weighted by Crippen LogP contribution is 2.20. The monoisotopic (exact) mass is 173 g/mol. The third-order valence-corrected chi connectivity index (χ3v) is 2.00. The van der Waals surface area contributed by atoms with Crippen molar-refractivity contribution in [3.8, 4) is 0 Å². The zero-order chi connectivity index (χ0) is 9.19. The molecule has 68 valence electrons. The van der Waals surface area contributed by atoms with Crippen LogP contribution >= 0.6 is 0 Å². The lowest BCUT2D eigenvalue weighted by Gasteiger charge is -2.22. The van der Waals surface area contributed by atoms with Crippen LogP contribution in [0, 0.1) is 0 Å². The molecule has 0 saturated carbocycles. The number of aliphatic hydroxyl groups excluding tert-OH is 1. The number of esters is 1. The van der Waals surface area contributed by atoms with Gasteiger partial charge in [-0.2, -0.15) is 0 Å². The summed E-state index contributed by atoms with van der Waals surface area (Å²) in [5.74, 6) is -0.815. The summed E-state index contributed by atoms with van der Waals surface area (Å²) >= 11 is 0. The maximum Gasteiger partial charge on any atom is 0.334 e. The van der Waals surface area contributed by atoms with Crippen molar-refractivity contribution in [2.45, 2.75) is 18.4 Å². The highest BCUT2D eigenvalue weighted by molar-refractivity contribution is 5.91. The molecule has 1 rings (SSSR count). The fourth-order valence-corrected chi connectivity index (χ4v) is 1.25. The van der Waals surface area contributed by atoms with Crippen LogP contribution < -0.4 is 5.32 Å². The van der Waals surface area contributed by atoms with Gasteiger partial charge in [0.1, 0.15) is 0 Å². The van der Waals surface area contributed by atoms with Gasteiger partial charge in [0.15, 0.2) is 5.54 Å². The lowest BCUT2D eigenvalue weighted by Crippen LogP contribution is -2.52. The van der Waals surface area contributed by atoms with Gasteiger partial charge in [-0.3, -0.25) is 4.79 Å². The van der Waals surface area contributed by atoms with E-state index in [9.17, 15) is 9.59 Å². The van der Waals surface area contributed by atoms with E-state index in [1.165, 1.54) is 7.11 Å². The van der Waals surface area contributed by atoms with Crippen molar-refractivity contribution in [1.29, 1.82) is 0 Å². The van der Waals surface area contributed by atoms with Crippen LogP contribution in [0.5, 0.6) is 0 Å². The first-order valence-electron chi connectivity index (χ1n) is 3.65. The zero-order valence-corrected chi connectivity index (χ0v) is 6.79. The van der Waals surface area contributed by atoms with Gasteiger partial charge in [0.2, 0.25) is 5.91 Å². The van der Waals surface area contributed by atoms with E-state index >= 15 is 0 Å². The van der Waals surface area contributed by atoms with Crippen LogP contribution in [0.4, 0.5) is 0 Å². The highest BCUT2D eigenvalue weighted by Gasteiger charge is 2.45. The van der Waals surface area contributed by atoms with Crippen molar-refractivity contribution in [2.75, 3.05) is 13.7 Å². The maximum atomic E-state index is 11.1. The summed E-state index contributed by atoms with van der Waals surface area (Å²) in [5.41, 5.74) is -1.19. The Morgan fingerprint density at radius 1 is 1.83 bits per heavy atom. The Morgan fingerprint density at radius 2 is 2.50 bits per heavy atom. The second kappa shape index (κ2) is 3.10. The molecule has 0 aromatic carbocycles. The molecule has 1 aliphatic heterocycles. The first kappa shape index (κ1) is 8.99. The summed E-state index contributed by atoms with van der Waals surface area (Å²) in [6, 6.07) is 0. The van der Waals surface area contributed by atoms with Crippen molar-refractivity contribution in [3.05, 3.63) is 0 Å². The molecule has 1 aliphatic rings. The summed E-state index contributed by atoms with van der Waals surface area (Å²) in [4.78, 5) is 21.9. The molecular weight excluding hydrogens is 162 g/mol. The Bertz CT molecular complexity index is 215. The van der Waals surface area contributed by atoms with E-state index in [1.54, 1.807) is 0 Å². The van der Waals surface area contributed by atoms with Crippen LogP contribution in [0.3, 0.4) is 0 Å². The van der Waals surface area contributed by atoms with Crippen molar-refractivity contribution < 1.29 is 19.4 Å². The molecule has 1 atom stereocenters. The highest BCUT2D eigenvalue weighted by atomic mass is 16.5. The minimum Gasteiger partial charge on any atom is -0.467 e. The number of carbonyl (C=O) groups excluding carboxylic acids is 2. The number of ether oxygens (including phenoxy) is 1. The topological polar surface area (TPSA) is 75.6 Å². The molecular formula is C7H11NO4. The molecule has 0 bridgehead atoms. The first-order chi connectivity index (χ1) is 5.64. The molecule has 1 fully saturated rings. The van der Waals surface area contributed by atoms with E-state index in [1.807, 2.05) is 0 Å². The van der Waals surface area contributed by atoms with Crippen LogP contribution in [-0.4, -0.2) is 36.2 Å². The summed E-state index contributed by atoms with van der Waals surface area (Å²) < 4.78 is 4.46. The Balaban J connectivity index is 2.77. The minimum absolute atomic E-state index is 0.227. The third-order valence-electron chi connectivity index (χ3n) is 2.00. The molecule has 0 aliphatic carbocycles. The molecule has 0 radical (unpaired) electrons. The standard InChI is InChI=1S/C7H11NO4/c1-12-6(11)7(4-9)3-2-5(10)8-7/h9H,2-4H2,1H3,(H,8,10)/t7-/m1/s1. The van der Waals surface area contributed by atoms with E-state index in [-0.39, 0.29) is 12.3 Å².